The molecule has 122 valence electrons. The van der Waals surface area contributed by atoms with Crippen LogP contribution in [0.25, 0.3) is 0 Å². The van der Waals surface area contributed by atoms with Crippen LogP contribution in [0.3, 0.4) is 0 Å². The molecule has 0 heterocycles. The first-order chi connectivity index (χ1) is 11.1. The molecule has 2 aromatic rings. The highest BCUT2D eigenvalue weighted by atomic mass is 35.5. The van der Waals surface area contributed by atoms with Gasteiger partial charge in [-0.3, -0.25) is 0 Å². The van der Waals surface area contributed by atoms with Crippen molar-refractivity contribution in [3.05, 3.63) is 41.4 Å². The number of ether oxygens (including phenoxy) is 3. The topological polar surface area (TPSA) is 51.8 Å². The van der Waals surface area contributed by atoms with Gasteiger partial charge in [-0.25, -0.2) is 0 Å². The minimum atomic E-state index is 0.412. The van der Waals surface area contributed by atoms with Crippen molar-refractivity contribution in [1.82, 2.24) is 0 Å². The van der Waals surface area contributed by atoms with Crippen molar-refractivity contribution in [1.29, 1.82) is 0 Å². The molecular formula is C16H17ClN2O3S. The zero-order valence-corrected chi connectivity index (χ0v) is 14.5. The first-order valence-electron chi connectivity index (χ1n) is 6.71. The third-order valence-corrected chi connectivity index (χ3v) is 3.57. The number of benzene rings is 2. The van der Waals surface area contributed by atoms with Gasteiger partial charge in [0.05, 0.1) is 32.0 Å². The summed E-state index contributed by atoms with van der Waals surface area (Å²) in [6.07, 6.45) is 0. The van der Waals surface area contributed by atoms with Gasteiger partial charge in [-0.1, -0.05) is 11.6 Å². The lowest BCUT2D eigenvalue weighted by molar-refractivity contribution is 0.395. The van der Waals surface area contributed by atoms with E-state index in [1.165, 1.54) is 0 Å². The minimum Gasteiger partial charge on any atom is -0.497 e. The van der Waals surface area contributed by atoms with Crippen LogP contribution in [0, 0.1) is 0 Å². The highest BCUT2D eigenvalue weighted by Gasteiger charge is 2.08. The second-order valence-electron chi connectivity index (χ2n) is 4.49. The summed E-state index contributed by atoms with van der Waals surface area (Å²) in [5.41, 5.74) is 1.48. The van der Waals surface area contributed by atoms with Gasteiger partial charge in [-0.05, 0) is 42.5 Å². The fourth-order valence-corrected chi connectivity index (χ4v) is 2.42. The van der Waals surface area contributed by atoms with Gasteiger partial charge in [-0.15, -0.1) is 0 Å². The highest BCUT2D eigenvalue weighted by molar-refractivity contribution is 7.80. The van der Waals surface area contributed by atoms with Crippen LogP contribution in [0.5, 0.6) is 17.2 Å². The average molecular weight is 353 g/mol. The number of halogens is 1. The lowest BCUT2D eigenvalue weighted by Gasteiger charge is -2.15. The summed E-state index contributed by atoms with van der Waals surface area (Å²) in [6.45, 7) is 0. The molecular weight excluding hydrogens is 336 g/mol. The van der Waals surface area contributed by atoms with Crippen molar-refractivity contribution >= 4 is 40.3 Å². The second-order valence-corrected chi connectivity index (χ2v) is 5.31. The summed E-state index contributed by atoms with van der Waals surface area (Å²) in [7, 11) is 4.75. The summed E-state index contributed by atoms with van der Waals surface area (Å²) in [4.78, 5) is 0. The molecule has 0 saturated carbocycles. The molecule has 0 unspecified atom stereocenters. The van der Waals surface area contributed by atoms with Crippen LogP contribution >= 0.6 is 23.8 Å². The van der Waals surface area contributed by atoms with E-state index in [0.717, 1.165) is 11.4 Å². The standard InChI is InChI=1S/C16H17ClN2O3S/c1-20-11-5-6-13(15(9-11)22-3)19-16(23)18-10-4-7-14(21-2)12(17)8-10/h4-9H,1-3H3,(H2,18,19,23). The Balaban J connectivity index is 2.09. The van der Waals surface area contributed by atoms with E-state index in [1.54, 1.807) is 39.5 Å². The lowest BCUT2D eigenvalue weighted by Crippen LogP contribution is -2.19. The van der Waals surface area contributed by atoms with E-state index in [-0.39, 0.29) is 0 Å². The third kappa shape index (κ3) is 4.40. The maximum atomic E-state index is 6.09. The summed E-state index contributed by atoms with van der Waals surface area (Å²) in [5.74, 6) is 1.93. The molecule has 0 spiro atoms. The van der Waals surface area contributed by atoms with Crippen LogP contribution in [0.1, 0.15) is 0 Å². The van der Waals surface area contributed by atoms with Crippen LogP contribution in [0.4, 0.5) is 11.4 Å². The number of hydrogen-bond donors (Lipinski definition) is 2. The first-order valence-corrected chi connectivity index (χ1v) is 7.49. The van der Waals surface area contributed by atoms with Crippen molar-refractivity contribution in [3.63, 3.8) is 0 Å². The van der Waals surface area contributed by atoms with Gasteiger partial charge in [0.15, 0.2) is 5.11 Å². The Hall–Kier alpha value is -2.18. The molecule has 0 bridgehead atoms. The Morgan fingerprint density at radius 2 is 1.65 bits per heavy atom. The predicted octanol–water partition coefficient (Wildman–Crippen LogP) is 4.17. The maximum absolute atomic E-state index is 6.09. The van der Waals surface area contributed by atoms with E-state index >= 15 is 0 Å². The van der Waals surface area contributed by atoms with E-state index in [0.29, 0.717) is 27.4 Å². The van der Waals surface area contributed by atoms with Crippen LogP contribution in [0.15, 0.2) is 36.4 Å². The number of anilines is 2. The molecule has 0 radical (unpaired) electrons. The first kappa shape index (κ1) is 17.2. The van der Waals surface area contributed by atoms with Crippen molar-refractivity contribution in [2.75, 3.05) is 32.0 Å². The monoisotopic (exact) mass is 352 g/mol. The largest absolute Gasteiger partial charge is 0.497 e. The number of thiocarbonyl (C=S) groups is 1. The Morgan fingerprint density at radius 3 is 2.26 bits per heavy atom. The fourth-order valence-electron chi connectivity index (χ4n) is 1.93. The van der Waals surface area contributed by atoms with Gasteiger partial charge in [0, 0.05) is 11.8 Å². The molecule has 0 fully saturated rings. The van der Waals surface area contributed by atoms with Crippen LogP contribution in [-0.2, 0) is 0 Å². The molecule has 0 aliphatic heterocycles. The van der Waals surface area contributed by atoms with Crippen molar-refractivity contribution in [2.45, 2.75) is 0 Å². The number of rotatable bonds is 5. The smallest absolute Gasteiger partial charge is 0.175 e. The Morgan fingerprint density at radius 1 is 0.913 bits per heavy atom. The SMILES string of the molecule is COc1ccc(NC(=S)Nc2ccc(OC)c(Cl)c2)c(OC)c1. The van der Waals surface area contributed by atoms with Crippen molar-refractivity contribution in [2.24, 2.45) is 0 Å². The summed E-state index contributed by atoms with van der Waals surface area (Å²) < 4.78 is 15.6. The van der Waals surface area contributed by atoms with Crippen LogP contribution in [0.2, 0.25) is 5.02 Å². The Labute approximate surface area is 145 Å². The van der Waals surface area contributed by atoms with Gasteiger partial charge >= 0.3 is 0 Å². The Kier molecular flexibility index (Phi) is 5.90. The normalized spacial score (nSPS) is 9.91. The third-order valence-electron chi connectivity index (χ3n) is 3.07. The zero-order chi connectivity index (χ0) is 16.8. The number of hydrogen-bond acceptors (Lipinski definition) is 4. The van der Waals surface area contributed by atoms with E-state index in [9.17, 15) is 0 Å². The van der Waals surface area contributed by atoms with Crippen LogP contribution in [-0.4, -0.2) is 26.4 Å². The predicted molar refractivity (Wildman–Crippen MR) is 97.4 cm³/mol. The van der Waals surface area contributed by atoms with Gasteiger partial charge in [0.2, 0.25) is 0 Å². The molecule has 0 amide bonds. The summed E-state index contributed by atoms with van der Waals surface area (Å²) in [6, 6.07) is 10.7. The van der Waals surface area contributed by atoms with E-state index in [1.807, 2.05) is 18.2 Å². The van der Waals surface area contributed by atoms with E-state index < -0.39 is 0 Å². The molecule has 2 N–H and O–H groups in total. The van der Waals surface area contributed by atoms with Gasteiger partial charge in [-0.2, -0.15) is 0 Å². The van der Waals surface area contributed by atoms with E-state index in [4.69, 9.17) is 38.0 Å². The number of methoxy groups -OCH3 is 3. The molecule has 0 atom stereocenters. The molecule has 2 aromatic carbocycles. The highest BCUT2D eigenvalue weighted by Crippen LogP contribution is 2.30. The van der Waals surface area contributed by atoms with Gasteiger partial charge in [0.1, 0.15) is 17.2 Å². The van der Waals surface area contributed by atoms with Crippen molar-refractivity contribution < 1.29 is 14.2 Å². The molecule has 0 aliphatic rings. The molecule has 0 aliphatic carbocycles. The molecule has 2 rings (SSSR count). The fraction of sp³-hybridized carbons (Fsp3) is 0.188. The average Bonchev–Trinajstić information content (AvgIpc) is 2.55. The molecule has 7 heteroatoms. The summed E-state index contributed by atoms with van der Waals surface area (Å²) >= 11 is 11.4. The lowest BCUT2D eigenvalue weighted by atomic mass is 10.2. The van der Waals surface area contributed by atoms with Crippen LogP contribution < -0.4 is 24.8 Å². The molecule has 5 nitrogen and oxygen atoms in total. The maximum Gasteiger partial charge on any atom is 0.175 e. The van der Waals surface area contributed by atoms with Gasteiger partial charge in [0.25, 0.3) is 0 Å². The van der Waals surface area contributed by atoms with Crippen molar-refractivity contribution in [3.8, 4) is 17.2 Å². The molecule has 0 aromatic heterocycles. The van der Waals surface area contributed by atoms with E-state index in [2.05, 4.69) is 10.6 Å². The Bertz CT molecular complexity index is 710. The zero-order valence-electron chi connectivity index (χ0n) is 13.0. The van der Waals surface area contributed by atoms with Gasteiger partial charge < -0.3 is 24.8 Å². The molecule has 0 saturated heterocycles. The quantitative estimate of drug-likeness (QED) is 0.787. The molecule has 23 heavy (non-hydrogen) atoms. The second kappa shape index (κ2) is 7.89. The summed E-state index contributed by atoms with van der Waals surface area (Å²) in [5, 5.41) is 7.04. The minimum absolute atomic E-state index is 0.412. The number of nitrogens with one attached hydrogen (secondary N) is 2.